The molecule has 2 atom stereocenters. The molecule has 1 amide bonds. The minimum absolute atomic E-state index is 0.148. The first kappa shape index (κ1) is 13.6. The van der Waals surface area contributed by atoms with E-state index < -0.39 is 0 Å². The van der Waals surface area contributed by atoms with Crippen LogP contribution in [0.15, 0.2) is 16.8 Å². The molecule has 0 bridgehead atoms. The van der Waals surface area contributed by atoms with E-state index in [-0.39, 0.29) is 11.9 Å². The lowest BCUT2D eigenvalue weighted by molar-refractivity contribution is -0.130. The van der Waals surface area contributed by atoms with E-state index in [2.05, 4.69) is 30.7 Å². The van der Waals surface area contributed by atoms with Gasteiger partial charge in [-0.2, -0.15) is 11.3 Å². The van der Waals surface area contributed by atoms with Crippen LogP contribution in [0.25, 0.3) is 0 Å². The van der Waals surface area contributed by atoms with Gasteiger partial charge < -0.3 is 10.6 Å². The molecule has 0 unspecified atom stereocenters. The first-order valence-corrected chi connectivity index (χ1v) is 7.56. The van der Waals surface area contributed by atoms with Crippen LogP contribution in [-0.4, -0.2) is 29.9 Å². The van der Waals surface area contributed by atoms with Crippen molar-refractivity contribution in [1.29, 1.82) is 0 Å². The molecule has 1 saturated heterocycles. The fraction of sp³-hybridized carbons (Fsp3) is 0.643. The van der Waals surface area contributed by atoms with Gasteiger partial charge in [-0.15, -0.1) is 0 Å². The lowest BCUT2D eigenvalue weighted by Gasteiger charge is -2.18. The Morgan fingerprint density at radius 2 is 2.33 bits per heavy atom. The number of nitrogens with zero attached hydrogens (tertiary/aromatic N) is 1. The second-order valence-corrected chi connectivity index (χ2v) is 6.28. The maximum Gasteiger partial charge on any atom is 0.222 e. The third-order valence-corrected chi connectivity index (χ3v) is 4.56. The summed E-state index contributed by atoms with van der Waals surface area (Å²) in [5.74, 6) is 1.25. The van der Waals surface area contributed by atoms with E-state index in [1.165, 1.54) is 5.56 Å². The van der Waals surface area contributed by atoms with Crippen LogP contribution < -0.4 is 5.73 Å². The number of rotatable bonds is 4. The van der Waals surface area contributed by atoms with Crippen molar-refractivity contribution in [2.24, 2.45) is 17.6 Å². The number of hydrogen-bond acceptors (Lipinski definition) is 3. The van der Waals surface area contributed by atoms with Crippen LogP contribution in [0.2, 0.25) is 0 Å². The van der Waals surface area contributed by atoms with Crippen molar-refractivity contribution < 1.29 is 4.79 Å². The van der Waals surface area contributed by atoms with Crippen LogP contribution in [0.5, 0.6) is 0 Å². The highest BCUT2D eigenvalue weighted by molar-refractivity contribution is 7.07. The van der Waals surface area contributed by atoms with Crippen molar-refractivity contribution in [2.75, 3.05) is 13.1 Å². The number of carbonyl (C=O) groups excluding carboxylic acids is 1. The van der Waals surface area contributed by atoms with Crippen molar-refractivity contribution in [3.05, 3.63) is 22.4 Å². The van der Waals surface area contributed by atoms with Gasteiger partial charge in [0.2, 0.25) is 5.91 Å². The molecule has 1 aliphatic rings. The van der Waals surface area contributed by atoms with Gasteiger partial charge in [-0.3, -0.25) is 4.79 Å². The van der Waals surface area contributed by atoms with Gasteiger partial charge >= 0.3 is 0 Å². The molecule has 0 aromatic carbocycles. The summed E-state index contributed by atoms with van der Waals surface area (Å²) in [4.78, 5) is 14.1. The number of likely N-dealkylation sites (tertiary alicyclic amines) is 1. The summed E-state index contributed by atoms with van der Waals surface area (Å²) < 4.78 is 0. The standard InChI is InChI=1S/C14H22N2OS/c1-10(2)12-7-16(8-13(12)15)14(17)4-3-11-5-6-18-9-11/h5-6,9-10,12-13H,3-4,7-8,15H2,1-2H3/t12-,13+/m1/s1. The number of nitrogens with two attached hydrogens (primary N) is 1. The summed E-state index contributed by atoms with van der Waals surface area (Å²) in [6, 6.07) is 2.24. The Kier molecular flexibility index (Phi) is 4.40. The molecular formula is C14H22N2OS. The summed E-state index contributed by atoms with van der Waals surface area (Å²) in [5, 5.41) is 4.17. The first-order chi connectivity index (χ1) is 8.58. The molecule has 2 heterocycles. The Bertz CT molecular complexity index is 389. The summed E-state index contributed by atoms with van der Waals surface area (Å²) in [6.07, 6.45) is 1.45. The van der Waals surface area contributed by atoms with E-state index in [1.54, 1.807) is 11.3 Å². The Labute approximate surface area is 113 Å². The maximum atomic E-state index is 12.1. The van der Waals surface area contributed by atoms with Gasteiger partial charge in [-0.1, -0.05) is 13.8 Å². The predicted octanol–water partition coefficient (Wildman–Crippen LogP) is 2.12. The predicted molar refractivity (Wildman–Crippen MR) is 75.5 cm³/mol. The molecule has 4 heteroatoms. The lowest BCUT2D eigenvalue weighted by atomic mass is 9.92. The fourth-order valence-electron chi connectivity index (χ4n) is 2.61. The summed E-state index contributed by atoms with van der Waals surface area (Å²) >= 11 is 1.68. The lowest BCUT2D eigenvalue weighted by Crippen LogP contribution is -2.33. The molecule has 0 saturated carbocycles. The molecule has 100 valence electrons. The van der Waals surface area contributed by atoms with Crippen LogP contribution >= 0.6 is 11.3 Å². The molecule has 18 heavy (non-hydrogen) atoms. The largest absolute Gasteiger partial charge is 0.341 e. The highest BCUT2D eigenvalue weighted by Crippen LogP contribution is 2.23. The molecule has 1 aliphatic heterocycles. The van der Waals surface area contributed by atoms with E-state index in [0.29, 0.717) is 18.3 Å². The smallest absolute Gasteiger partial charge is 0.222 e. The van der Waals surface area contributed by atoms with Gasteiger partial charge in [0.25, 0.3) is 0 Å². The van der Waals surface area contributed by atoms with Gasteiger partial charge in [0.15, 0.2) is 0 Å². The summed E-state index contributed by atoms with van der Waals surface area (Å²) in [7, 11) is 0. The third kappa shape index (κ3) is 3.12. The van der Waals surface area contributed by atoms with Crippen LogP contribution in [0.1, 0.15) is 25.8 Å². The van der Waals surface area contributed by atoms with Crippen LogP contribution in [-0.2, 0) is 11.2 Å². The van der Waals surface area contributed by atoms with Crippen LogP contribution in [0.3, 0.4) is 0 Å². The highest BCUT2D eigenvalue weighted by Gasteiger charge is 2.34. The molecule has 1 aromatic rings. The number of thiophene rings is 1. The first-order valence-electron chi connectivity index (χ1n) is 6.62. The Morgan fingerprint density at radius 3 is 2.89 bits per heavy atom. The molecule has 0 aliphatic carbocycles. The number of hydrogen-bond donors (Lipinski definition) is 1. The SMILES string of the molecule is CC(C)[C@H]1CN(C(=O)CCc2ccsc2)C[C@@H]1N. The van der Waals surface area contributed by atoms with E-state index in [0.717, 1.165) is 19.5 Å². The van der Waals surface area contributed by atoms with Crippen molar-refractivity contribution in [2.45, 2.75) is 32.7 Å². The normalized spacial score (nSPS) is 23.9. The second kappa shape index (κ2) is 5.85. The van der Waals surface area contributed by atoms with Crippen LogP contribution in [0.4, 0.5) is 0 Å². The maximum absolute atomic E-state index is 12.1. The Morgan fingerprint density at radius 1 is 1.56 bits per heavy atom. The number of aryl methyl sites for hydroxylation is 1. The van der Waals surface area contributed by atoms with Crippen LogP contribution in [0, 0.1) is 11.8 Å². The topological polar surface area (TPSA) is 46.3 Å². The van der Waals surface area contributed by atoms with E-state index in [4.69, 9.17) is 5.73 Å². The molecule has 3 nitrogen and oxygen atoms in total. The van der Waals surface area contributed by atoms with E-state index >= 15 is 0 Å². The molecule has 2 rings (SSSR count). The molecule has 1 fully saturated rings. The average molecular weight is 266 g/mol. The minimum Gasteiger partial charge on any atom is -0.341 e. The zero-order chi connectivity index (χ0) is 13.1. The molecular weight excluding hydrogens is 244 g/mol. The van der Waals surface area contributed by atoms with Gasteiger partial charge in [0.05, 0.1) is 0 Å². The second-order valence-electron chi connectivity index (χ2n) is 5.50. The monoisotopic (exact) mass is 266 g/mol. The zero-order valence-corrected chi connectivity index (χ0v) is 12.0. The van der Waals surface area contributed by atoms with Crippen molar-refractivity contribution >= 4 is 17.2 Å². The highest BCUT2D eigenvalue weighted by atomic mass is 32.1. The van der Waals surface area contributed by atoms with Gasteiger partial charge in [0, 0.05) is 25.6 Å². The van der Waals surface area contributed by atoms with Gasteiger partial charge in [0.1, 0.15) is 0 Å². The molecule has 0 radical (unpaired) electrons. The fourth-order valence-corrected chi connectivity index (χ4v) is 3.31. The zero-order valence-electron chi connectivity index (χ0n) is 11.1. The molecule has 0 spiro atoms. The van der Waals surface area contributed by atoms with Crippen molar-refractivity contribution in [1.82, 2.24) is 4.90 Å². The Balaban J connectivity index is 1.83. The van der Waals surface area contributed by atoms with E-state index in [1.807, 2.05) is 4.90 Å². The third-order valence-electron chi connectivity index (χ3n) is 3.83. The summed E-state index contributed by atoms with van der Waals surface area (Å²) in [5.41, 5.74) is 7.37. The number of amides is 1. The van der Waals surface area contributed by atoms with Crippen molar-refractivity contribution in [3.63, 3.8) is 0 Å². The molecule has 1 aromatic heterocycles. The molecule has 2 N–H and O–H groups in total. The number of carbonyl (C=O) groups is 1. The Hall–Kier alpha value is -0.870. The van der Waals surface area contributed by atoms with Crippen molar-refractivity contribution in [3.8, 4) is 0 Å². The quantitative estimate of drug-likeness (QED) is 0.907. The summed E-state index contributed by atoms with van der Waals surface area (Å²) in [6.45, 7) is 5.93. The van der Waals surface area contributed by atoms with Gasteiger partial charge in [-0.25, -0.2) is 0 Å². The average Bonchev–Trinajstić information content (AvgIpc) is 2.94. The minimum atomic E-state index is 0.148. The van der Waals surface area contributed by atoms with E-state index in [9.17, 15) is 4.79 Å². The van der Waals surface area contributed by atoms with Gasteiger partial charge in [-0.05, 0) is 40.6 Å².